The molecule has 4 N–H and O–H groups in total. The highest BCUT2D eigenvalue weighted by atomic mass is 16.2. The van der Waals surface area contributed by atoms with Crippen molar-refractivity contribution in [1.82, 2.24) is 30.6 Å². The molecule has 1 saturated heterocycles. The highest BCUT2D eigenvalue weighted by Crippen LogP contribution is 2.39. The normalized spacial score (nSPS) is 20.6. The topological polar surface area (TPSA) is 122 Å². The highest BCUT2D eigenvalue weighted by Gasteiger charge is 2.43. The number of H-pyrrole nitrogens is 1. The molecule has 10 nitrogen and oxygen atoms in total. The molecule has 1 aromatic heterocycles. The van der Waals surface area contributed by atoms with E-state index < -0.39 is 11.6 Å². The van der Waals surface area contributed by atoms with E-state index in [1.54, 1.807) is 4.90 Å². The van der Waals surface area contributed by atoms with Gasteiger partial charge in [0.05, 0.1) is 17.3 Å². The van der Waals surface area contributed by atoms with Crippen molar-refractivity contribution in [3.8, 4) is 0 Å². The van der Waals surface area contributed by atoms with Crippen molar-refractivity contribution in [3.63, 3.8) is 0 Å². The predicted molar refractivity (Wildman–Crippen MR) is 143 cm³/mol. The van der Waals surface area contributed by atoms with Gasteiger partial charge in [-0.2, -0.15) is 5.10 Å². The number of anilines is 1. The maximum absolute atomic E-state index is 13.7. The van der Waals surface area contributed by atoms with Crippen molar-refractivity contribution in [2.24, 2.45) is 5.92 Å². The van der Waals surface area contributed by atoms with E-state index in [2.05, 4.69) is 40.0 Å². The number of carbonyl (C=O) groups excluding carboxylic acids is 3. The number of carbonyl (C=O) groups is 3. The van der Waals surface area contributed by atoms with Gasteiger partial charge >= 0.3 is 12.1 Å². The third-order valence-electron chi connectivity index (χ3n) is 8.05. The smallest absolute Gasteiger partial charge is 0.319 e. The summed E-state index contributed by atoms with van der Waals surface area (Å²) in [4.78, 5) is 43.1. The van der Waals surface area contributed by atoms with Gasteiger partial charge in [0.2, 0.25) is 5.91 Å². The zero-order valence-electron chi connectivity index (χ0n) is 21.7. The lowest BCUT2D eigenvalue weighted by Gasteiger charge is -2.45. The predicted octanol–water partition coefficient (Wildman–Crippen LogP) is 3.31. The van der Waals surface area contributed by atoms with Crippen molar-refractivity contribution in [2.45, 2.75) is 51.2 Å². The zero-order valence-corrected chi connectivity index (χ0v) is 21.7. The first-order chi connectivity index (χ1) is 18.3. The number of likely N-dealkylation sites (tertiary alicyclic amines) is 1. The van der Waals surface area contributed by atoms with Crippen LogP contribution < -0.4 is 16.0 Å². The number of aromatic amines is 1. The number of nitrogens with one attached hydrogen (secondary N) is 4. The molecule has 1 atom stereocenters. The Morgan fingerprint density at radius 1 is 1.16 bits per heavy atom. The van der Waals surface area contributed by atoms with E-state index in [4.69, 9.17) is 0 Å². The molecule has 0 aliphatic carbocycles. The molecule has 6 rings (SSSR count). The number of hydrogen-bond donors (Lipinski definition) is 4. The van der Waals surface area contributed by atoms with E-state index in [0.29, 0.717) is 51.4 Å². The van der Waals surface area contributed by atoms with Crippen LogP contribution in [-0.2, 0) is 23.3 Å². The van der Waals surface area contributed by atoms with Gasteiger partial charge in [0, 0.05) is 49.2 Å². The molecule has 1 unspecified atom stereocenters. The van der Waals surface area contributed by atoms with Gasteiger partial charge in [0.15, 0.2) is 0 Å². The summed E-state index contributed by atoms with van der Waals surface area (Å²) in [7, 11) is 0. The van der Waals surface area contributed by atoms with Crippen molar-refractivity contribution in [1.29, 1.82) is 0 Å². The SMILES string of the molecule is CC(C)CN1Cc2c(ccc3[nH]ncc23)CC(NC(=O)N2CCC3(CC2)NC(=O)Nc2ccccc23)C1=O. The van der Waals surface area contributed by atoms with Crippen molar-refractivity contribution >= 4 is 34.6 Å². The molecular weight excluding hydrogens is 482 g/mol. The van der Waals surface area contributed by atoms with Crippen LogP contribution in [0.25, 0.3) is 10.9 Å². The molecule has 10 heteroatoms. The summed E-state index contributed by atoms with van der Waals surface area (Å²) in [6.07, 6.45) is 3.45. The zero-order chi connectivity index (χ0) is 26.4. The quantitative estimate of drug-likeness (QED) is 0.427. The van der Waals surface area contributed by atoms with Crippen LogP contribution in [0.1, 0.15) is 43.4 Å². The van der Waals surface area contributed by atoms with Crippen LogP contribution in [0, 0.1) is 5.92 Å². The van der Waals surface area contributed by atoms with Crippen LogP contribution in [0.15, 0.2) is 42.6 Å². The maximum Gasteiger partial charge on any atom is 0.319 e. The van der Waals surface area contributed by atoms with E-state index in [1.807, 2.05) is 47.5 Å². The monoisotopic (exact) mass is 515 g/mol. The van der Waals surface area contributed by atoms with Crippen molar-refractivity contribution in [3.05, 3.63) is 59.3 Å². The van der Waals surface area contributed by atoms with Gasteiger partial charge in [-0.1, -0.05) is 38.1 Å². The summed E-state index contributed by atoms with van der Waals surface area (Å²) in [6, 6.07) is 10.7. The van der Waals surface area contributed by atoms with Crippen molar-refractivity contribution < 1.29 is 14.4 Å². The van der Waals surface area contributed by atoms with E-state index in [1.165, 1.54) is 0 Å². The van der Waals surface area contributed by atoms with Gasteiger partial charge in [0.25, 0.3) is 0 Å². The summed E-state index contributed by atoms with van der Waals surface area (Å²) in [5.41, 5.74) is 4.44. The molecule has 5 amide bonds. The summed E-state index contributed by atoms with van der Waals surface area (Å²) < 4.78 is 0. The van der Waals surface area contributed by atoms with Crippen LogP contribution in [0.5, 0.6) is 0 Å². The molecule has 38 heavy (non-hydrogen) atoms. The lowest BCUT2D eigenvalue weighted by atomic mass is 9.79. The molecule has 0 bridgehead atoms. The molecule has 2 aromatic carbocycles. The Morgan fingerprint density at radius 3 is 2.74 bits per heavy atom. The van der Waals surface area contributed by atoms with Crippen LogP contribution in [0.2, 0.25) is 0 Å². The fourth-order valence-corrected chi connectivity index (χ4v) is 6.18. The second-order valence-electron chi connectivity index (χ2n) is 11.0. The summed E-state index contributed by atoms with van der Waals surface area (Å²) in [5, 5.41) is 17.3. The Morgan fingerprint density at radius 2 is 1.95 bits per heavy atom. The Hall–Kier alpha value is -4.08. The van der Waals surface area contributed by atoms with Crippen LogP contribution in [0.4, 0.5) is 15.3 Å². The van der Waals surface area contributed by atoms with E-state index in [-0.39, 0.29) is 18.0 Å². The minimum atomic E-state index is -0.651. The molecule has 4 heterocycles. The summed E-state index contributed by atoms with van der Waals surface area (Å²) >= 11 is 0. The Bertz CT molecular complexity index is 1410. The average molecular weight is 516 g/mol. The summed E-state index contributed by atoms with van der Waals surface area (Å²) in [5.74, 6) is 0.231. The number of urea groups is 2. The van der Waals surface area contributed by atoms with Crippen LogP contribution in [-0.4, -0.2) is 63.6 Å². The summed E-state index contributed by atoms with van der Waals surface area (Å²) in [6.45, 7) is 6.23. The molecular formula is C28H33N7O3. The number of benzene rings is 2. The first-order valence-corrected chi connectivity index (χ1v) is 13.3. The lowest BCUT2D eigenvalue weighted by molar-refractivity contribution is -0.134. The van der Waals surface area contributed by atoms with E-state index >= 15 is 0 Å². The fraction of sp³-hybridized carbons (Fsp3) is 0.429. The van der Waals surface area contributed by atoms with Gasteiger partial charge in [-0.15, -0.1) is 0 Å². The fourth-order valence-electron chi connectivity index (χ4n) is 6.18. The van der Waals surface area contributed by atoms with E-state index in [9.17, 15) is 14.4 Å². The molecule has 3 aliphatic rings. The third kappa shape index (κ3) is 4.23. The van der Waals surface area contributed by atoms with Gasteiger partial charge < -0.3 is 25.8 Å². The lowest BCUT2D eigenvalue weighted by Crippen LogP contribution is -2.59. The number of hydrogen-bond acceptors (Lipinski definition) is 4. The second kappa shape index (κ2) is 9.34. The highest BCUT2D eigenvalue weighted by molar-refractivity contribution is 5.94. The molecule has 1 fully saturated rings. The largest absolute Gasteiger partial charge is 0.336 e. The number of nitrogens with zero attached hydrogens (tertiary/aromatic N) is 3. The standard InChI is InChI=1S/C28H33N7O3/c1-17(2)15-35-16-20-18(7-8-22-19(20)14-29-33-22)13-24(25(35)36)31-27(38)34-11-9-28(10-12-34)21-5-3-4-6-23(21)30-26(37)32-28/h3-8,14,17,24H,9-13,15-16H2,1-2H3,(H,29,33)(H,31,38)(H2,30,32,37). The van der Waals surface area contributed by atoms with Crippen LogP contribution in [0.3, 0.4) is 0 Å². The van der Waals surface area contributed by atoms with Gasteiger partial charge in [0.1, 0.15) is 6.04 Å². The number of rotatable bonds is 3. The number of amides is 5. The molecule has 0 saturated carbocycles. The van der Waals surface area contributed by atoms with Gasteiger partial charge in [-0.3, -0.25) is 9.89 Å². The maximum atomic E-state index is 13.7. The van der Waals surface area contributed by atoms with E-state index in [0.717, 1.165) is 33.3 Å². The first-order valence-electron chi connectivity index (χ1n) is 13.3. The van der Waals surface area contributed by atoms with Crippen molar-refractivity contribution in [2.75, 3.05) is 25.0 Å². The Labute approximate surface area is 221 Å². The number of aromatic nitrogens is 2. The third-order valence-corrected chi connectivity index (χ3v) is 8.05. The molecule has 198 valence electrons. The minimum absolute atomic E-state index is 0.0621. The number of piperidine rings is 1. The number of para-hydroxylation sites is 1. The second-order valence-corrected chi connectivity index (χ2v) is 11.0. The molecule has 3 aliphatic heterocycles. The first kappa shape index (κ1) is 24.3. The Balaban J connectivity index is 1.20. The minimum Gasteiger partial charge on any atom is -0.336 e. The van der Waals surface area contributed by atoms with Gasteiger partial charge in [-0.25, -0.2) is 9.59 Å². The van der Waals surface area contributed by atoms with Gasteiger partial charge in [-0.05, 0) is 42.0 Å². The molecule has 1 spiro atoms. The average Bonchev–Trinajstić information content (AvgIpc) is 3.33. The molecule has 3 aromatic rings. The molecule has 0 radical (unpaired) electrons. The van der Waals surface area contributed by atoms with Crippen LogP contribution >= 0.6 is 0 Å². The Kier molecular flexibility index (Phi) is 5.97. The number of fused-ring (bicyclic) bond motifs is 5.